The maximum Gasteiger partial charge on any atom is 0.253 e. The van der Waals surface area contributed by atoms with Crippen LogP contribution in [0.3, 0.4) is 0 Å². The van der Waals surface area contributed by atoms with Gasteiger partial charge in [0.2, 0.25) is 6.79 Å². The Labute approximate surface area is 98.7 Å². The highest BCUT2D eigenvalue weighted by Gasteiger charge is 2.24. The molecular weight excluding hydrogens is 222 g/mol. The van der Waals surface area contributed by atoms with Crippen LogP contribution in [0.25, 0.3) is 0 Å². The van der Waals surface area contributed by atoms with Crippen LogP contribution in [0.2, 0.25) is 0 Å². The van der Waals surface area contributed by atoms with Gasteiger partial charge in [0, 0.05) is 18.4 Å². The highest BCUT2D eigenvalue weighted by Crippen LogP contribution is 2.34. The van der Waals surface area contributed by atoms with Gasteiger partial charge in [0.15, 0.2) is 11.5 Å². The molecule has 2 aliphatic heterocycles. The number of nitrogens with one attached hydrogen (secondary N) is 1. The van der Waals surface area contributed by atoms with Crippen LogP contribution in [0, 0.1) is 0 Å². The molecule has 0 unspecified atom stereocenters. The molecule has 1 fully saturated rings. The minimum atomic E-state index is -0.319. The molecule has 1 aromatic carbocycles. The molecule has 0 spiro atoms. The molecule has 2 aliphatic rings. The van der Waals surface area contributed by atoms with Crippen molar-refractivity contribution in [2.24, 2.45) is 0 Å². The maximum atomic E-state index is 11.8. The van der Waals surface area contributed by atoms with Crippen molar-refractivity contribution in [3.05, 3.63) is 18.2 Å². The minimum Gasteiger partial charge on any atom is -0.454 e. The van der Waals surface area contributed by atoms with E-state index in [1.807, 2.05) is 0 Å². The molecular formula is C12H13NO4. The van der Waals surface area contributed by atoms with Crippen LogP contribution in [-0.2, 0) is 9.53 Å². The second-order valence-electron chi connectivity index (χ2n) is 4.06. The first-order valence-corrected chi connectivity index (χ1v) is 5.65. The lowest BCUT2D eigenvalue weighted by molar-refractivity contribution is -0.124. The Kier molecular flexibility index (Phi) is 2.60. The zero-order chi connectivity index (χ0) is 11.7. The number of amides is 1. The summed E-state index contributed by atoms with van der Waals surface area (Å²) in [4.78, 5) is 11.8. The Morgan fingerprint density at radius 3 is 3.00 bits per heavy atom. The second-order valence-corrected chi connectivity index (χ2v) is 4.06. The van der Waals surface area contributed by atoms with E-state index >= 15 is 0 Å². The van der Waals surface area contributed by atoms with Gasteiger partial charge in [-0.3, -0.25) is 4.79 Å². The van der Waals surface area contributed by atoms with E-state index in [1.165, 1.54) is 0 Å². The van der Waals surface area contributed by atoms with Gasteiger partial charge in [0.1, 0.15) is 6.10 Å². The number of rotatable bonds is 2. The molecule has 0 saturated carbocycles. The van der Waals surface area contributed by atoms with Crippen LogP contribution in [0.4, 0.5) is 5.69 Å². The van der Waals surface area contributed by atoms with E-state index in [2.05, 4.69) is 5.32 Å². The average Bonchev–Trinajstić information content (AvgIpc) is 2.99. The van der Waals surface area contributed by atoms with Gasteiger partial charge in [-0.15, -0.1) is 0 Å². The topological polar surface area (TPSA) is 56.8 Å². The number of anilines is 1. The van der Waals surface area contributed by atoms with Gasteiger partial charge in [0.05, 0.1) is 0 Å². The van der Waals surface area contributed by atoms with Crippen LogP contribution >= 0.6 is 0 Å². The number of benzene rings is 1. The first-order chi connectivity index (χ1) is 8.33. The Balaban J connectivity index is 1.70. The number of fused-ring (bicyclic) bond motifs is 1. The summed E-state index contributed by atoms with van der Waals surface area (Å²) in [6.45, 7) is 0.900. The normalized spacial score (nSPS) is 21.5. The molecule has 90 valence electrons. The van der Waals surface area contributed by atoms with Crippen molar-refractivity contribution in [3.8, 4) is 11.5 Å². The lowest BCUT2D eigenvalue weighted by atomic mass is 10.2. The van der Waals surface area contributed by atoms with Crippen molar-refractivity contribution in [1.82, 2.24) is 0 Å². The summed E-state index contributed by atoms with van der Waals surface area (Å²) >= 11 is 0. The number of carbonyl (C=O) groups is 1. The van der Waals surface area contributed by atoms with Gasteiger partial charge in [-0.2, -0.15) is 0 Å². The van der Waals surface area contributed by atoms with E-state index in [4.69, 9.17) is 14.2 Å². The zero-order valence-corrected chi connectivity index (χ0v) is 9.27. The summed E-state index contributed by atoms with van der Waals surface area (Å²) in [5.74, 6) is 1.27. The predicted molar refractivity (Wildman–Crippen MR) is 60.2 cm³/mol. The molecule has 17 heavy (non-hydrogen) atoms. The summed E-state index contributed by atoms with van der Waals surface area (Å²) < 4.78 is 15.8. The third kappa shape index (κ3) is 2.06. The van der Waals surface area contributed by atoms with Crippen LogP contribution in [-0.4, -0.2) is 25.4 Å². The number of hydrogen-bond donors (Lipinski definition) is 1. The summed E-state index contributed by atoms with van der Waals surface area (Å²) in [7, 11) is 0. The highest BCUT2D eigenvalue weighted by atomic mass is 16.7. The molecule has 3 rings (SSSR count). The standard InChI is InChI=1S/C12H13NO4/c14-12(10-2-1-5-15-10)13-8-3-4-9-11(6-8)17-7-16-9/h3-4,6,10H,1-2,5,7H2,(H,13,14)/t10-/m1/s1. The fraction of sp³-hybridized carbons (Fsp3) is 0.417. The molecule has 2 heterocycles. The molecule has 1 N–H and O–H groups in total. The average molecular weight is 235 g/mol. The predicted octanol–water partition coefficient (Wildman–Crippen LogP) is 1.53. The van der Waals surface area contributed by atoms with Crippen LogP contribution in [0.15, 0.2) is 18.2 Å². The van der Waals surface area contributed by atoms with Gasteiger partial charge >= 0.3 is 0 Å². The molecule has 5 heteroatoms. The van der Waals surface area contributed by atoms with E-state index in [0.717, 1.165) is 12.8 Å². The summed E-state index contributed by atoms with van der Waals surface area (Å²) in [6, 6.07) is 5.34. The van der Waals surface area contributed by atoms with Crippen molar-refractivity contribution in [2.45, 2.75) is 18.9 Å². The van der Waals surface area contributed by atoms with Crippen molar-refractivity contribution >= 4 is 11.6 Å². The molecule has 1 atom stereocenters. The monoisotopic (exact) mass is 235 g/mol. The molecule has 0 aromatic heterocycles. The first-order valence-electron chi connectivity index (χ1n) is 5.65. The number of hydrogen-bond acceptors (Lipinski definition) is 4. The van der Waals surface area contributed by atoms with Crippen LogP contribution in [0.5, 0.6) is 11.5 Å². The van der Waals surface area contributed by atoms with Crippen molar-refractivity contribution in [1.29, 1.82) is 0 Å². The Morgan fingerprint density at radius 2 is 2.18 bits per heavy atom. The third-order valence-electron chi connectivity index (χ3n) is 2.86. The number of carbonyl (C=O) groups excluding carboxylic acids is 1. The molecule has 1 saturated heterocycles. The molecule has 1 amide bonds. The van der Waals surface area contributed by atoms with E-state index < -0.39 is 0 Å². The van der Waals surface area contributed by atoms with Gasteiger partial charge in [-0.25, -0.2) is 0 Å². The first kappa shape index (κ1) is 10.4. The van der Waals surface area contributed by atoms with E-state index in [1.54, 1.807) is 18.2 Å². The summed E-state index contributed by atoms with van der Waals surface area (Å²) in [6.07, 6.45) is 1.41. The summed E-state index contributed by atoms with van der Waals surface area (Å²) in [5, 5.41) is 2.81. The quantitative estimate of drug-likeness (QED) is 0.844. The SMILES string of the molecule is O=C(Nc1ccc2c(c1)OCO2)[C@H]1CCCO1. The van der Waals surface area contributed by atoms with Gasteiger partial charge in [0.25, 0.3) is 5.91 Å². The number of ether oxygens (including phenoxy) is 3. The molecule has 0 aliphatic carbocycles. The molecule has 0 bridgehead atoms. The zero-order valence-electron chi connectivity index (χ0n) is 9.27. The lowest BCUT2D eigenvalue weighted by Crippen LogP contribution is -2.26. The second kappa shape index (κ2) is 4.25. The Hall–Kier alpha value is -1.75. The molecule has 5 nitrogen and oxygen atoms in total. The van der Waals surface area contributed by atoms with Crippen molar-refractivity contribution in [2.75, 3.05) is 18.7 Å². The highest BCUT2D eigenvalue weighted by molar-refractivity contribution is 5.94. The lowest BCUT2D eigenvalue weighted by Gasteiger charge is -2.10. The van der Waals surface area contributed by atoms with Gasteiger partial charge in [-0.05, 0) is 25.0 Å². The van der Waals surface area contributed by atoms with Gasteiger partial charge in [-0.1, -0.05) is 0 Å². The fourth-order valence-corrected chi connectivity index (χ4v) is 1.98. The fourth-order valence-electron chi connectivity index (χ4n) is 1.98. The third-order valence-corrected chi connectivity index (χ3v) is 2.86. The van der Waals surface area contributed by atoms with E-state index in [0.29, 0.717) is 23.8 Å². The van der Waals surface area contributed by atoms with E-state index in [-0.39, 0.29) is 18.8 Å². The van der Waals surface area contributed by atoms with Crippen molar-refractivity contribution < 1.29 is 19.0 Å². The minimum absolute atomic E-state index is 0.0960. The molecule has 1 aromatic rings. The Bertz CT molecular complexity index is 440. The van der Waals surface area contributed by atoms with Gasteiger partial charge < -0.3 is 19.5 Å². The summed E-state index contributed by atoms with van der Waals surface area (Å²) in [5.41, 5.74) is 0.703. The maximum absolute atomic E-state index is 11.8. The van der Waals surface area contributed by atoms with Crippen LogP contribution in [0.1, 0.15) is 12.8 Å². The Morgan fingerprint density at radius 1 is 1.29 bits per heavy atom. The molecule has 0 radical (unpaired) electrons. The van der Waals surface area contributed by atoms with Crippen LogP contribution < -0.4 is 14.8 Å². The smallest absolute Gasteiger partial charge is 0.253 e. The largest absolute Gasteiger partial charge is 0.454 e. The van der Waals surface area contributed by atoms with E-state index in [9.17, 15) is 4.79 Å². The van der Waals surface area contributed by atoms with Crippen molar-refractivity contribution in [3.63, 3.8) is 0 Å².